The molecule has 2 fully saturated rings. The van der Waals surface area contributed by atoms with E-state index in [1.54, 1.807) is 0 Å². The van der Waals surface area contributed by atoms with Crippen molar-refractivity contribution in [2.75, 3.05) is 19.6 Å². The van der Waals surface area contributed by atoms with Crippen LogP contribution in [-0.4, -0.2) is 25.5 Å². The molecule has 1 saturated heterocycles. The summed E-state index contributed by atoms with van der Waals surface area (Å²) in [6.07, 6.45) is 2.15. The molecule has 3 nitrogen and oxygen atoms in total. The lowest BCUT2D eigenvalue weighted by atomic mass is 10.1. The van der Waals surface area contributed by atoms with Gasteiger partial charge in [0.15, 0.2) is 0 Å². The Morgan fingerprint density at radius 3 is 2.80 bits per heavy atom. The Hall–Kier alpha value is -0.570. The van der Waals surface area contributed by atoms with E-state index in [1.807, 2.05) is 0 Å². The van der Waals surface area contributed by atoms with Crippen molar-refractivity contribution in [2.24, 2.45) is 5.41 Å². The monoisotopic (exact) mass is 140 g/mol. The van der Waals surface area contributed by atoms with Gasteiger partial charge in [0.25, 0.3) is 0 Å². The van der Waals surface area contributed by atoms with Crippen LogP contribution in [0.3, 0.4) is 0 Å². The average Bonchev–Trinajstić information content (AvgIpc) is 2.69. The van der Waals surface area contributed by atoms with E-state index >= 15 is 0 Å². The van der Waals surface area contributed by atoms with Crippen molar-refractivity contribution < 1.29 is 4.79 Å². The lowest BCUT2D eigenvalue weighted by Crippen LogP contribution is -2.32. The normalized spacial score (nSPS) is 29.4. The molecule has 1 saturated carbocycles. The van der Waals surface area contributed by atoms with Crippen molar-refractivity contribution in [1.29, 1.82) is 0 Å². The highest BCUT2D eigenvalue weighted by Crippen LogP contribution is 2.45. The van der Waals surface area contributed by atoms with E-state index in [1.165, 1.54) is 0 Å². The predicted molar refractivity (Wildman–Crippen MR) is 37.5 cm³/mol. The number of hydrogen-bond acceptors (Lipinski definition) is 2. The standard InChI is InChI=1S/C7H12N2O/c10-6-7(1-2-7)5-8-3-4-9-6/h8H,1-5H2,(H,9,10). The second-order valence-electron chi connectivity index (χ2n) is 3.21. The highest BCUT2D eigenvalue weighted by molar-refractivity contribution is 5.85. The van der Waals surface area contributed by atoms with Gasteiger partial charge in [-0.2, -0.15) is 0 Å². The smallest absolute Gasteiger partial charge is 0.227 e. The maximum atomic E-state index is 11.2. The largest absolute Gasteiger partial charge is 0.354 e. The summed E-state index contributed by atoms with van der Waals surface area (Å²) in [5.74, 6) is 0.262. The second kappa shape index (κ2) is 1.95. The van der Waals surface area contributed by atoms with Crippen molar-refractivity contribution in [3.63, 3.8) is 0 Å². The fraction of sp³-hybridized carbons (Fsp3) is 0.857. The van der Waals surface area contributed by atoms with E-state index in [-0.39, 0.29) is 11.3 Å². The molecule has 1 aliphatic heterocycles. The summed E-state index contributed by atoms with van der Waals surface area (Å²) in [4.78, 5) is 11.2. The zero-order chi connectivity index (χ0) is 7.03. The van der Waals surface area contributed by atoms with Gasteiger partial charge in [-0.3, -0.25) is 4.79 Å². The van der Waals surface area contributed by atoms with Gasteiger partial charge in [-0.25, -0.2) is 0 Å². The number of nitrogens with one attached hydrogen (secondary N) is 2. The molecule has 0 radical (unpaired) electrons. The molecule has 0 atom stereocenters. The average molecular weight is 140 g/mol. The van der Waals surface area contributed by atoms with Crippen molar-refractivity contribution in [3.05, 3.63) is 0 Å². The molecule has 0 aromatic carbocycles. The quantitative estimate of drug-likeness (QED) is 0.475. The van der Waals surface area contributed by atoms with Crippen molar-refractivity contribution in [3.8, 4) is 0 Å². The molecule has 2 N–H and O–H groups in total. The maximum Gasteiger partial charge on any atom is 0.227 e. The second-order valence-corrected chi connectivity index (χ2v) is 3.21. The molecule has 1 heterocycles. The first-order chi connectivity index (χ1) is 4.83. The molecular formula is C7H12N2O. The Balaban J connectivity index is 2.09. The molecule has 1 aliphatic carbocycles. The Bertz CT molecular complexity index is 163. The Morgan fingerprint density at radius 2 is 2.10 bits per heavy atom. The van der Waals surface area contributed by atoms with E-state index in [9.17, 15) is 4.79 Å². The minimum Gasteiger partial charge on any atom is -0.354 e. The summed E-state index contributed by atoms with van der Waals surface area (Å²) in [5.41, 5.74) is 0.0104. The topological polar surface area (TPSA) is 41.1 Å². The highest BCUT2D eigenvalue weighted by atomic mass is 16.2. The van der Waals surface area contributed by atoms with E-state index in [4.69, 9.17) is 0 Å². The summed E-state index contributed by atoms with van der Waals surface area (Å²) < 4.78 is 0. The van der Waals surface area contributed by atoms with E-state index in [0.717, 1.165) is 32.5 Å². The van der Waals surface area contributed by atoms with Crippen LogP contribution < -0.4 is 10.6 Å². The Labute approximate surface area is 60.2 Å². The van der Waals surface area contributed by atoms with Crippen LogP contribution >= 0.6 is 0 Å². The minimum absolute atomic E-state index is 0.0104. The van der Waals surface area contributed by atoms with E-state index in [0.29, 0.717) is 0 Å². The number of amides is 1. The van der Waals surface area contributed by atoms with Crippen LogP contribution in [0.15, 0.2) is 0 Å². The first-order valence-corrected chi connectivity index (χ1v) is 3.83. The number of carbonyl (C=O) groups excluding carboxylic acids is 1. The Kier molecular flexibility index (Phi) is 1.20. The van der Waals surface area contributed by atoms with Crippen LogP contribution in [0.4, 0.5) is 0 Å². The van der Waals surface area contributed by atoms with Gasteiger partial charge in [-0.1, -0.05) is 0 Å². The van der Waals surface area contributed by atoms with Gasteiger partial charge in [-0.15, -0.1) is 0 Å². The lowest BCUT2D eigenvalue weighted by Gasteiger charge is -2.08. The zero-order valence-electron chi connectivity index (χ0n) is 5.94. The zero-order valence-corrected chi connectivity index (χ0v) is 5.94. The van der Waals surface area contributed by atoms with Gasteiger partial charge in [0, 0.05) is 19.6 Å². The van der Waals surface area contributed by atoms with Gasteiger partial charge in [0.2, 0.25) is 5.91 Å². The third-order valence-electron chi connectivity index (χ3n) is 2.39. The molecule has 0 bridgehead atoms. The van der Waals surface area contributed by atoms with Gasteiger partial charge < -0.3 is 10.6 Å². The summed E-state index contributed by atoms with van der Waals surface area (Å²) in [7, 11) is 0. The SMILES string of the molecule is O=C1NCCNCC12CC2. The molecule has 1 amide bonds. The van der Waals surface area contributed by atoms with Gasteiger partial charge in [0.1, 0.15) is 0 Å². The first-order valence-electron chi connectivity index (χ1n) is 3.83. The summed E-state index contributed by atoms with van der Waals surface area (Å²) in [6, 6.07) is 0. The highest BCUT2D eigenvalue weighted by Gasteiger charge is 2.49. The van der Waals surface area contributed by atoms with E-state index in [2.05, 4.69) is 10.6 Å². The summed E-state index contributed by atoms with van der Waals surface area (Å²) >= 11 is 0. The lowest BCUT2D eigenvalue weighted by molar-refractivity contribution is -0.125. The van der Waals surface area contributed by atoms with Crippen LogP contribution in [0.25, 0.3) is 0 Å². The van der Waals surface area contributed by atoms with Crippen LogP contribution in [0.1, 0.15) is 12.8 Å². The molecule has 2 rings (SSSR count). The fourth-order valence-corrected chi connectivity index (χ4v) is 1.41. The fourth-order valence-electron chi connectivity index (χ4n) is 1.41. The van der Waals surface area contributed by atoms with Crippen LogP contribution in [-0.2, 0) is 4.79 Å². The molecule has 0 unspecified atom stereocenters. The number of rotatable bonds is 0. The van der Waals surface area contributed by atoms with Crippen molar-refractivity contribution in [1.82, 2.24) is 10.6 Å². The molecule has 2 aliphatic rings. The van der Waals surface area contributed by atoms with Gasteiger partial charge >= 0.3 is 0 Å². The van der Waals surface area contributed by atoms with Gasteiger partial charge in [-0.05, 0) is 12.8 Å². The van der Waals surface area contributed by atoms with Crippen LogP contribution in [0.2, 0.25) is 0 Å². The molecule has 3 heteroatoms. The third kappa shape index (κ3) is 0.814. The summed E-state index contributed by atoms with van der Waals surface area (Å²) in [5, 5.41) is 6.14. The van der Waals surface area contributed by atoms with Crippen LogP contribution in [0.5, 0.6) is 0 Å². The third-order valence-corrected chi connectivity index (χ3v) is 2.39. The molecule has 1 spiro atoms. The predicted octanol–water partition coefficient (Wildman–Crippen LogP) is -0.514. The first kappa shape index (κ1) is 6.16. The molecule has 56 valence electrons. The molecular weight excluding hydrogens is 128 g/mol. The Morgan fingerprint density at radius 1 is 1.30 bits per heavy atom. The van der Waals surface area contributed by atoms with Gasteiger partial charge in [0.05, 0.1) is 5.41 Å². The number of carbonyl (C=O) groups is 1. The van der Waals surface area contributed by atoms with Crippen molar-refractivity contribution in [2.45, 2.75) is 12.8 Å². The van der Waals surface area contributed by atoms with E-state index < -0.39 is 0 Å². The molecule has 10 heavy (non-hydrogen) atoms. The molecule has 0 aromatic heterocycles. The van der Waals surface area contributed by atoms with Crippen LogP contribution in [0, 0.1) is 5.41 Å². The summed E-state index contributed by atoms with van der Waals surface area (Å²) in [6.45, 7) is 2.60. The van der Waals surface area contributed by atoms with Crippen molar-refractivity contribution >= 4 is 5.91 Å². The minimum atomic E-state index is 0.0104. The maximum absolute atomic E-state index is 11.2. The number of hydrogen-bond donors (Lipinski definition) is 2. The molecule has 0 aromatic rings.